The monoisotopic (exact) mass is 378 g/mol. The van der Waals surface area contributed by atoms with Crippen LogP contribution in [0.2, 0.25) is 5.02 Å². The fourth-order valence-electron chi connectivity index (χ4n) is 1.89. The number of nitro benzene ring substituents is 1. The van der Waals surface area contributed by atoms with E-state index >= 15 is 0 Å². The number of rotatable bonds is 8. The van der Waals surface area contributed by atoms with E-state index in [1.807, 2.05) is 13.8 Å². The van der Waals surface area contributed by atoms with Gasteiger partial charge in [-0.1, -0.05) is 24.6 Å². The first kappa shape index (κ1) is 22.1. The van der Waals surface area contributed by atoms with Gasteiger partial charge in [-0.3, -0.25) is 19.7 Å². The molecule has 1 rings (SSSR count). The van der Waals surface area contributed by atoms with E-state index in [4.69, 9.17) is 11.6 Å². The second-order valence-electron chi connectivity index (χ2n) is 4.84. The van der Waals surface area contributed by atoms with E-state index in [2.05, 4.69) is 16.0 Å². The van der Waals surface area contributed by atoms with Crippen molar-refractivity contribution >= 4 is 41.5 Å². The van der Waals surface area contributed by atoms with Gasteiger partial charge in [0.05, 0.1) is 16.5 Å². The summed E-state index contributed by atoms with van der Waals surface area (Å²) in [6.07, 6.45) is 0. The molecule has 1 aromatic carbocycles. The highest BCUT2D eigenvalue weighted by molar-refractivity contribution is 6.34. The minimum Gasteiger partial charge on any atom is -0.353 e. The van der Waals surface area contributed by atoms with Crippen molar-refractivity contribution in [3.63, 3.8) is 0 Å². The highest BCUT2D eigenvalue weighted by atomic mass is 35.5. The van der Waals surface area contributed by atoms with Crippen LogP contribution < -0.4 is 16.0 Å². The molecule has 3 N–H and O–H groups in total. The lowest BCUT2D eigenvalue weighted by atomic mass is 10.1. The minimum atomic E-state index is -0.766. The molecule has 0 aliphatic heterocycles. The molecule has 0 heterocycles. The Morgan fingerprint density at radius 1 is 1.33 bits per heavy atom. The zero-order valence-electron chi connectivity index (χ0n) is 13.3. The Kier molecular flexibility index (Phi) is 9.94. The van der Waals surface area contributed by atoms with Crippen LogP contribution >= 0.6 is 24.0 Å². The average molecular weight is 379 g/mol. The number of amides is 2. The van der Waals surface area contributed by atoms with Crippen LogP contribution in [0.5, 0.6) is 0 Å². The SMILES string of the molecule is CCN[C@H](C)CNC(=O)CNC(=O)c1c(Cl)cccc1[N+](=O)[O-].Cl. The van der Waals surface area contributed by atoms with Crippen LogP contribution in [-0.2, 0) is 4.79 Å². The summed E-state index contributed by atoms with van der Waals surface area (Å²) in [6.45, 7) is 4.77. The first-order valence-corrected chi connectivity index (χ1v) is 7.45. The first-order valence-electron chi connectivity index (χ1n) is 7.08. The van der Waals surface area contributed by atoms with E-state index in [-0.39, 0.29) is 35.6 Å². The summed E-state index contributed by atoms with van der Waals surface area (Å²) in [5.74, 6) is -1.16. The van der Waals surface area contributed by atoms with Crippen molar-refractivity contribution in [2.45, 2.75) is 19.9 Å². The molecule has 1 aromatic rings. The van der Waals surface area contributed by atoms with Crippen LogP contribution in [0.1, 0.15) is 24.2 Å². The van der Waals surface area contributed by atoms with Crippen LogP contribution in [-0.4, -0.2) is 42.4 Å². The van der Waals surface area contributed by atoms with Gasteiger partial charge in [-0.05, 0) is 19.5 Å². The summed E-state index contributed by atoms with van der Waals surface area (Å²) in [6, 6.07) is 4.04. The van der Waals surface area contributed by atoms with Gasteiger partial charge >= 0.3 is 0 Å². The molecule has 1 atom stereocenters. The topological polar surface area (TPSA) is 113 Å². The molecule has 0 radical (unpaired) electrons. The second kappa shape index (κ2) is 10.8. The van der Waals surface area contributed by atoms with Crippen LogP contribution in [0.15, 0.2) is 18.2 Å². The van der Waals surface area contributed by atoms with E-state index in [9.17, 15) is 19.7 Å². The largest absolute Gasteiger partial charge is 0.353 e. The molecule has 0 bridgehead atoms. The highest BCUT2D eigenvalue weighted by Gasteiger charge is 2.23. The summed E-state index contributed by atoms with van der Waals surface area (Å²) in [7, 11) is 0. The second-order valence-corrected chi connectivity index (χ2v) is 5.24. The molecule has 0 aromatic heterocycles. The molecule has 8 nitrogen and oxygen atoms in total. The Hall–Kier alpha value is -1.90. The maximum atomic E-state index is 12.0. The maximum Gasteiger partial charge on any atom is 0.283 e. The Labute approximate surface area is 150 Å². The number of nitrogens with zero attached hydrogens (tertiary/aromatic N) is 1. The molecule has 24 heavy (non-hydrogen) atoms. The summed E-state index contributed by atoms with van der Waals surface area (Å²) >= 11 is 5.85. The van der Waals surface area contributed by atoms with Gasteiger partial charge in [-0.15, -0.1) is 12.4 Å². The third kappa shape index (κ3) is 6.69. The molecule has 0 saturated carbocycles. The van der Waals surface area contributed by atoms with Crippen molar-refractivity contribution in [3.05, 3.63) is 38.9 Å². The van der Waals surface area contributed by atoms with Crippen LogP contribution in [0.4, 0.5) is 5.69 Å². The van der Waals surface area contributed by atoms with Crippen molar-refractivity contribution in [2.24, 2.45) is 0 Å². The zero-order valence-corrected chi connectivity index (χ0v) is 14.9. The Morgan fingerprint density at radius 3 is 2.58 bits per heavy atom. The first-order chi connectivity index (χ1) is 10.9. The number of benzene rings is 1. The normalized spacial score (nSPS) is 11.1. The molecule has 2 amide bonds. The predicted molar refractivity (Wildman–Crippen MR) is 93.8 cm³/mol. The van der Waals surface area contributed by atoms with Gasteiger partial charge in [0.15, 0.2) is 0 Å². The van der Waals surface area contributed by atoms with Gasteiger partial charge in [0.2, 0.25) is 5.91 Å². The third-order valence-electron chi connectivity index (χ3n) is 2.98. The number of nitrogens with one attached hydrogen (secondary N) is 3. The quantitative estimate of drug-likeness (QED) is 0.468. The number of nitro groups is 1. The van der Waals surface area contributed by atoms with Crippen LogP contribution in [0, 0.1) is 10.1 Å². The van der Waals surface area contributed by atoms with Crippen LogP contribution in [0.3, 0.4) is 0 Å². The summed E-state index contributed by atoms with van der Waals surface area (Å²) in [4.78, 5) is 34.0. The minimum absolute atomic E-state index is 0. The number of carbonyl (C=O) groups excluding carboxylic acids is 2. The number of halogens is 2. The standard InChI is InChI=1S/C14H19ClN4O4.ClH/c1-3-16-9(2)7-17-12(20)8-18-14(21)13-10(15)5-4-6-11(13)19(22)23;/h4-6,9,16H,3,7-8H2,1-2H3,(H,17,20)(H,18,21);1H/t9-;/m1./s1. The number of likely N-dealkylation sites (N-methyl/N-ethyl adjacent to an activating group) is 1. The Bertz CT molecular complexity index is 598. The number of hydrogen-bond acceptors (Lipinski definition) is 5. The van der Waals surface area contributed by atoms with Crippen LogP contribution in [0.25, 0.3) is 0 Å². The van der Waals surface area contributed by atoms with Gasteiger partial charge in [0, 0.05) is 18.7 Å². The van der Waals surface area contributed by atoms with E-state index in [0.29, 0.717) is 6.54 Å². The molecular weight excluding hydrogens is 359 g/mol. The van der Waals surface area contributed by atoms with Crippen molar-refractivity contribution in [3.8, 4) is 0 Å². The zero-order chi connectivity index (χ0) is 17.4. The fourth-order valence-corrected chi connectivity index (χ4v) is 2.14. The predicted octanol–water partition coefficient (Wildman–Crippen LogP) is 1.51. The molecule has 134 valence electrons. The molecule has 0 saturated heterocycles. The van der Waals surface area contributed by atoms with Crippen molar-refractivity contribution < 1.29 is 14.5 Å². The third-order valence-corrected chi connectivity index (χ3v) is 3.30. The molecule has 0 aliphatic carbocycles. The summed E-state index contributed by atoms with van der Waals surface area (Å²) in [5, 5.41) is 19.0. The van der Waals surface area contributed by atoms with E-state index in [1.165, 1.54) is 18.2 Å². The lowest BCUT2D eigenvalue weighted by Crippen LogP contribution is -2.43. The average Bonchev–Trinajstić information content (AvgIpc) is 2.50. The van der Waals surface area contributed by atoms with E-state index in [1.54, 1.807) is 0 Å². The molecule has 10 heteroatoms. The fraction of sp³-hybridized carbons (Fsp3) is 0.429. The lowest BCUT2D eigenvalue weighted by Gasteiger charge is -2.13. The van der Waals surface area contributed by atoms with Gasteiger partial charge in [0.1, 0.15) is 5.56 Å². The maximum absolute atomic E-state index is 12.0. The van der Waals surface area contributed by atoms with E-state index in [0.717, 1.165) is 6.54 Å². The van der Waals surface area contributed by atoms with Crippen molar-refractivity contribution in [1.29, 1.82) is 0 Å². The van der Waals surface area contributed by atoms with Gasteiger partial charge in [0.25, 0.3) is 11.6 Å². The lowest BCUT2D eigenvalue weighted by molar-refractivity contribution is -0.385. The number of hydrogen-bond donors (Lipinski definition) is 3. The highest BCUT2D eigenvalue weighted by Crippen LogP contribution is 2.25. The summed E-state index contributed by atoms with van der Waals surface area (Å²) < 4.78 is 0. The molecular formula is C14H20Cl2N4O4. The number of carbonyl (C=O) groups is 2. The van der Waals surface area contributed by atoms with E-state index < -0.39 is 22.4 Å². The molecule has 0 aliphatic rings. The molecule has 0 fully saturated rings. The van der Waals surface area contributed by atoms with Crippen molar-refractivity contribution in [1.82, 2.24) is 16.0 Å². The smallest absolute Gasteiger partial charge is 0.283 e. The molecule has 0 spiro atoms. The Balaban J connectivity index is 0.00000529. The van der Waals surface area contributed by atoms with Gasteiger partial charge in [-0.25, -0.2) is 0 Å². The van der Waals surface area contributed by atoms with Crippen molar-refractivity contribution in [2.75, 3.05) is 19.6 Å². The Morgan fingerprint density at radius 2 is 2.00 bits per heavy atom. The molecule has 0 unspecified atom stereocenters. The van der Waals surface area contributed by atoms with Gasteiger partial charge < -0.3 is 16.0 Å². The van der Waals surface area contributed by atoms with Gasteiger partial charge in [-0.2, -0.15) is 0 Å². The summed E-state index contributed by atoms with van der Waals surface area (Å²) in [5.41, 5.74) is -0.663.